The van der Waals surface area contributed by atoms with Gasteiger partial charge in [-0.05, 0) is 72.8 Å². The lowest BCUT2D eigenvalue weighted by atomic mass is 10.0. The van der Waals surface area contributed by atoms with Crippen LogP contribution in [0.25, 0.3) is 11.1 Å². The Kier molecular flexibility index (Phi) is 6.95. The zero-order valence-corrected chi connectivity index (χ0v) is 23.4. The SMILES string of the molecule is O=C(CN1c2ccc(Cl)cc2-c2ccccc2S1(=O)=O)Nc1ccc(S(=O)(=O)Nc2ccc(Br)cc2)cc1. The highest BCUT2D eigenvalue weighted by Gasteiger charge is 2.36. The standard InChI is InChI=1S/C26H19BrClN3O5S2/c27-17-5-8-20(9-6-17)30-37(33,34)21-12-10-19(11-13-21)29-26(32)16-31-24-14-7-18(28)15-23(24)22-3-1-2-4-25(22)38(31,35)36/h1-15,30H,16H2,(H,29,32). The molecule has 0 aliphatic carbocycles. The van der Waals surface area contributed by atoms with Gasteiger partial charge in [0.15, 0.2) is 0 Å². The van der Waals surface area contributed by atoms with E-state index in [1.807, 2.05) is 0 Å². The summed E-state index contributed by atoms with van der Waals surface area (Å²) in [5.41, 5.74) is 2.16. The average Bonchev–Trinajstić information content (AvgIpc) is 2.88. The van der Waals surface area contributed by atoms with Crippen molar-refractivity contribution in [2.24, 2.45) is 0 Å². The van der Waals surface area contributed by atoms with Gasteiger partial charge < -0.3 is 5.32 Å². The molecule has 4 aromatic carbocycles. The molecule has 12 heteroatoms. The highest BCUT2D eigenvalue weighted by atomic mass is 79.9. The van der Waals surface area contributed by atoms with Crippen molar-refractivity contribution in [1.82, 2.24) is 0 Å². The number of amides is 1. The van der Waals surface area contributed by atoms with Crippen molar-refractivity contribution >= 4 is 70.5 Å². The number of rotatable bonds is 6. The Morgan fingerprint density at radius 3 is 2.24 bits per heavy atom. The molecule has 38 heavy (non-hydrogen) atoms. The number of carbonyl (C=O) groups excluding carboxylic acids is 1. The summed E-state index contributed by atoms with van der Waals surface area (Å²) in [6.45, 7) is -0.490. The molecule has 2 N–H and O–H groups in total. The summed E-state index contributed by atoms with van der Waals surface area (Å²) in [5, 5.41) is 3.07. The van der Waals surface area contributed by atoms with E-state index in [1.54, 1.807) is 60.7 Å². The van der Waals surface area contributed by atoms with Gasteiger partial charge in [-0.25, -0.2) is 16.8 Å². The van der Waals surface area contributed by atoms with Gasteiger partial charge in [0.1, 0.15) is 6.54 Å². The van der Waals surface area contributed by atoms with Gasteiger partial charge in [0.2, 0.25) is 5.91 Å². The van der Waals surface area contributed by atoms with E-state index in [4.69, 9.17) is 11.6 Å². The van der Waals surface area contributed by atoms with Crippen LogP contribution in [0.4, 0.5) is 17.1 Å². The molecule has 0 spiro atoms. The van der Waals surface area contributed by atoms with E-state index < -0.39 is 32.5 Å². The number of benzene rings is 4. The molecule has 1 aliphatic heterocycles. The minimum atomic E-state index is -4.02. The summed E-state index contributed by atoms with van der Waals surface area (Å²) in [4.78, 5) is 13.0. The van der Waals surface area contributed by atoms with E-state index in [0.717, 1.165) is 8.78 Å². The van der Waals surface area contributed by atoms with Gasteiger partial charge in [-0.2, -0.15) is 0 Å². The maximum absolute atomic E-state index is 13.4. The van der Waals surface area contributed by atoms with Gasteiger partial charge in [-0.15, -0.1) is 0 Å². The number of nitrogens with one attached hydrogen (secondary N) is 2. The van der Waals surface area contributed by atoms with E-state index in [-0.39, 0.29) is 9.79 Å². The molecule has 0 fully saturated rings. The highest BCUT2D eigenvalue weighted by Crippen LogP contribution is 2.43. The number of sulfonamides is 2. The Hall–Kier alpha value is -3.38. The average molecular weight is 633 g/mol. The zero-order valence-electron chi connectivity index (χ0n) is 19.4. The van der Waals surface area contributed by atoms with Crippen molar-refractivity contribution in [3.8, 4) is 11.1 Å². The first-order valence-corrected chi connectivity index (χ1v) is 15.2. The lowest BCUT2D eigenvalue weighted by Gasteiger charge is -2.31. The summed E-state index contributed by atoms with van der Waals surface area (Å²) in [6, 6.07) is 23.6. The lowest BCUT2D eigenvalue weighted by molar-refractivity contribution is -0.114. The molecule has 4 aromatic rings. The fraction of sp³-hybridized carbons (Fsp3) is 0.0385. The molecular weight excluding hydrogens is 614 g/mol. The molecule has 1 aliphatic rings. The van der Waals surface area contributed by atoms with Crippen LogP contribution >= 0.6 is 27.5 Å². The van der Waals surface area contributed by atoms with E-state index in [2.05, 4.69) is 26.0 Å². The van der Waals surface area contributed by atoms with Crippen LogP contribution < -0.4 is 14.3 Å². The molecule has 194 valence electrons. The maximum atomic E-state index is 13.4. The van der Waals surface area contributed by atoms with Gasteiger partial charge in [0.05, 0.1) is 15.5 Å². The molecule has 0 atom stereocenters. The van der Waals surface area contributed by atoms with Crippen molar-refractivity contribution in [3.05, 3.63) is 100 Å². The third-order valence-corrected chi connectivity index (χ3v) is 9.78. The predicted octanol–water partition coefficient (Wildman–Crippen LogP) is 5.72. The fourth-order valence-corrected chi connectivity index (χ4v) is 7.20. The Bertz CT molecular complexity index is 1760. The van der Waals surface area contributed by atoms with Crippen molar-refractivity contribution in [2.75, 3.05) is 20.9 Å². The molecule has 5 rings (SSSR count). The monoisotopic (exact) mass is 631 g/mol. The molecule has 0 unspecified atom stereocenters. The predicted molar refractivity (Wildman–Crippen MR) is 151 cm³/mol. The Labute approximate surface area is 233 Å². The number of halogens is 2. The molecule has 0 aromatic heterocycles. The minimum absolute atomic E-state index is 0.000519. The Morgan fingerprint density at radius 2 is 1.53 bits per heavy atom. The number of hydrogen-bond donors (Lipinski definition) is 2. The topological polar surface area (TPSA) is 113 Å². The van der Waals surface area contributed by atoms with Crippen LogP contribution in [0.5, 0.6) is 0 Å². The second kappa shape index (κ2) is 10.1. The summed E-state index contributed by atoms with van der Waals surface area (Å²) in [6.07, 6.45) is 0. The van der Waals surface area contributed by atoms with Crippen molar-refractivity contribution in [1.29, 1.82) is 0 Å². The minimum Gasteiger partial charge on any atom is -0.325 e. The Balaban J connectivity index is 1.34. The first-order chi connectivity index (χ1) is 18.0. The third kappa shape index (κ3) is 5.14. The quantitative estimate of drug-likeness (QED) is 0.283. The zero-order chi connectivity index (χ0) is 27.1. The summed E-state index contributed by atoms with van der Waals surface area (Å²) >= 11 is 9.47. The summed E-state index contributed by atoms with van der Waals surface area (Å²) in [7, 11) is -7.87. The van der Waals surface area contributed by atoms with Gasteiger partial charge in [-0.1, -0.05) is 45.7 Å². The van der Waals surface area contributed by atoms with Crippen LogP contribution in [0.1, 0.15) is 0 Å². The van der Waals surface area contributed by atoms with Crippen LogP contribution in [0, 0.1) is 0 Å². The van der Waals surface area contributed by atoms with E-state index in [1.165, 1.54) is 30.3 Å². The molecule has 0 radical (unpaired) electrons. The number of carbonyl (C=O) groups is 1. The number of anilines is 3. The van der Waals surface area contributed by atoms with Crippen LogP contribution in [0.15, 0.2) is 105 Å². The summed E-state index contributed by atoms with van der Waals surface area (Å²) in [5.74, 6) is -0.600. The van der Waals surface area contributed by atoms with E-state index >= 15 is 0 Å². The molecule has 1 heterocycles. The Morgan fingerprint density at radius 1 is 0.868 bits per heavy atom. The third-order valence-electron chi connectivity index (χ3n) is 5.80. The molecule has 0 saturated heterocycles. The number of hydrogen-bond acceptors (Lipinski definition) is 5. The lowest BCUT2D eigenvalue weighted by Crippen LogP contribution is -2.40. The fourth-order valence-electron chi connectivity index (χ4n) is 4.05. The van der Waals surface area contributed by atoms with Crippen LogP contribution in [0.2, 0.25) is 5.02 Å². The van der Waals surface area contributed by atoms with Gasteiger partial charge in [-0.3, -0.25) is 13.8 Å². The normalized spacial score (nSPS) is 13.8. The van der Waals surface area contributed by atoms with Gasteiger partial charge >= 0.3 is 0 Å². The molecule has 8 nitrogen and oxygen atoms in total. The highest BCUT2D eigenvalue weighted by molar-refractivity contribution is 9.10. The molecule has 1 amide bonds. The van der Waals surface area contributed by atoms with Crippen molar-refractivity contribution in [2.45, 2.75) is 9.79 Å². The van der Waals surface area contributed by atoms with Gasteiger partial charge in [0.25, 0.3) is 20.0 Å². The van der Waals surface area contributed by atoms with Crippen LogP contribution in [-0.4, -0.2) is 29.3 Å². The van der Waals surface area contributed by atoms with Gasteiger partial charge in [0, 0.05) is 32.0 Å². The molecule has 0 bridgehead atoms. The first-order valence-electron chi connectivity index (χ1n) is 11.1. The van der Waals surface area contributed by atoms with Crippen molar-refractivity contribution in [3.63, 3.8) is 0 Å². The molecule has 0 saturated carbocycles. The van der Waals surface area contributed by atoms with Crippen LogP contribution in [0.3, 0.4) is 0 Å². The van der Waals surface area contributed by atoms with E-state index in [0.29, 0.717) is 33.2 Å². The van der Waals surface area contributed by atoms with Crippen LogP contribution in [-0.2, 0) is 24.8 Å². The first kappa shape index (κ1) is 26.2. The summed E-state index contributed by atoms with van der Waals surface area (Å²) < 4.78 is 56.5. The second-order valence-corrected chi connectivity index (χ2v) is 13.2. The van der Waals surface area contributed by atoms with Crippen molar-refractivity contribution < 1.29 is 21.6 Å². The maximum Gasteiger partial charge on any atom is 0.265 e. The molecular formula is C26H19BrClN3O5S2. The second-order valence-electron chi connectivity index (χ2n) is 8.35. The van der Waals surface area contributed by atoms with E-state index in [9.17, 15) is 21.6 Å². The largest absolute Gasteiger partial charge is 0.325 e. The smallest absolute Gasteiger partial charge is 0.265 e. The number of nitrogens with zero attached hydrogens (tertiary/aromatic N) is 1. The number of fused-ring (bicyclic) bond motifs is 3.